The first-order valence-corrected chi connectivity index (χ1v) is 5.76. The van der Waals surface area contributed by atoms with E-state index in [0.29, 0.717) is 5.59 Å². The van der Waals surface area contributed by atoms with Gasteiger partial charge in [0.25, 0.3) is 0 Å². The maximum absolute atomic E-state index is 7.82. The molecule has 2 heterocycles. The van der Waals surface area contributed by atoms with Crippen molar-refractivity contribution in [3.05, 3.63) is 23.9 Å². The molecular weight excluding hydrogens is 229 g/mol. The largest absolute Gasteiger partial charge is 0.514 e. The summed E-state index contributed by atoms with van der Waals surface area (Å²) in [5.74, 6) is 0. The highest BCUT2D eigenvalue weighted by molar-refractivity contribution is 6.61. The summed E-state index contributed by atoms with van der Waals surface area (Å²) in [4.78, 5) is 4.15. The Bertz CT molecular complexity index is 575. The van der Waals surface area contributed by atoms with E-state index in [2.05, 4.69) is 9.72 Å². The number of nitrogens with zero attached hydrogens (tertiary/aromatic N) is 1. The zero-order valence-electron chi connectivity index (χ0n) is 16.0. The molecule has 0 bridgehead atoms. The second-order valence-electron chi connectivity index (χ2n) is 5.26. The van der Waals surface area contributed by atoms with Gasteiger partial charge in [-0.2, -0.15) is 0 Å². The summed E-state index contributed by atoms with van der Waals surface area (Å²) in [5, 5.41) is 0. The Morgan fingerprint density at radius 1 is 1.39 bits per heavy atom. The van der Waals surface area contributed by atoms with Crippen molar-refractivity contribution in [2.75, 3.05) is 7.04 Å². The third-order valence-electron chi connectivity index (χ3n) is 3.44. The van der Waals surface area contributed by atoms with Gasteiger partial charge in [0, 0.05) is 13.2 Å². The summed E-state index contributed by atoms with van der Waals surface area (Å²) in [7, 11) is -3.61. The summed E-state index contributed by atoms with van der Waals surface area (Å²) in [6.45, 7) is 5.11. The molecule has 1 aliphatic heterocycles. The van der Waals surface area contributed by atoms with Crippen LogP contribution < -0.4 is 5.59 Å². The minimum Gasteiger partial charge on any atom is -0.398 e. The summed E-state index contributed by atoms with van der Waals surface area (Å²) < 4.78 is 53.1. The third kappa shape index (κ3) is 2.43. The van der Waals surface area contributed by atoms with Crippen LogP contribution in [-0.2, 0) is 20.6 Å². The van der Waals surface area contributed by atoms with Crippen molar-refractivity contribution in [2.45, 2.75) is 45.5 Å². The smallest absolute Gasteiger partial charge is 0.398 e. The monoisotopic (exact) mass is 254 g/mol. The van der Waals surface area contributed by atoms with Gasteiger partial charge in [-0.1, -0.05) is 0 Å². The number of aromatic nitrogens is 1. The Morgan fingerprint density at radius 3 is 2.67 bits per heavy atom. The van der Waals surface area contributed by atoms with Gasteiger partial charge in [-0.25, -0.2) is 0 Å². The van der Waals surface area contributed by atoms with Gasteiger partial charge < -0.3 is 14.0 Å². The maximum atomic E-state index is 7.82. The Labute approximate surface area is 116 Å². The SMILES string of the molecule is [2H]C([2H])([2H])OC([2H])([2H])c1ccnc(B2OC(C)(C)C(C)(C)O2)c1. The zero-order valence-corrected chi connectivity index (χ0v) is 11.0. The Balaban J connectivity index is 2.28. The average molecular weight is 254 g/mol. The van der Waals surface area contributed by atoms with Gasteiger partial charge in [-0.15, -0.1) is 0 Å². The average Bonchev–Trinajstić information content (AvgIpc) is 2.56. The quantitative estimate of drug-likeness (QED) is 0.767. The molecule has 0 N–H and O–H groups in total. The first-order chi connectivity index (χ1) is 10.2. The molecule has 5 heteroatoms. The van der Waals surface area contributed by atoms with E-state index in [0.717, 1.165) is 0 Å². The van der Waals surface area contributed by atoms with Crippen LogP contribution in [0.15, 0.2) is 18.3 Å². The van der Waals surface area contributed by atoms with Gasteiger partial charge in [-0.3, -0.25) is 4.98 Å². The van der Waals surface area contributed by atoms with E-state index in [1.165, 1.54) is 18.3 Å². The molecule has 0 saturated carbocycles. The van der Waals surface area contributed by atoms with Gasteiger partial charge >= 0.3 is 7.12 Å². The van der Waals surface area contributed by atoms with Crippen molar-refractivity contribution in [3.63, 3.8) is 0 Å². The van der Waals surface area contributed by atoms with Gasteiger partial charge in [-0.05, 0) is 45.4 Å². The normalized spacial score (nSPS) is 26.9. The van der Waals surface area contributed by atoms with Crippen molar-refractivity contribution in [2.24, 2.45) is 0 Å². The van der Waals surface area contributed by atoms with E-state index in [-0.39, 0.29) is 5.56 Å². The molecule has 98 valence electrons. The Kier molecular flexibility index (Phi) is 2.14. The molecule has 2 rings (SSSR count). The third-order valence-corrected chi connectivity index (χ3v) is 3.44. The molecule has 0 aliphatic carbocycles. The first-order valence-electron chi connectivity index (χ1n) is 8.26. The van der Waals surface area contributed by atoms with Gasteiger partial charge in [0.15, 0.2) is 0 Å². The number of pyridine rings is 1. The van der Waals surface area contributed by atoms with Crippen molar-refractivity contribution < 1.29 is 20.9 Å². The van der Waals surface area contributed by atoms with Crippen LogP contribution in [0.25, 0.3) is 0 Å². The predicted molar refractivity (Wildman–Crippen MR) is 70.7 cm³/mol. The van der Waals surface area contributed by atoms with Crippen molar-refractivity contribution >= 4 is 12.7 Å². The molecule has 0 atom stereocenters. The van der Waals surface area contributed by atoms with E-state index in [1.807, 2.05) is 27.7 Å². The lowest BCUT2D eigenvalue weighted by atomic mass is 9.83. The molecule has 1 aliphatic rings. The predicted octanol–water partition coefficient (Wildman–Crippen LogP) is 1.53. The minimum atomic E-state index is -2.85. The van der Waals surface area contributed by atoms with Crippen LogP contribution >= 0.6 is 0 Å². The van der Waals surface area contributed by atoms with E-state index < -0.39 is 31.9 Å². The number of rotatable bonds is 3. The summed E-state index contributed by atoms with van der Waals surface area (Å²) in [5.41, 5.74) is -0.708. The van der Waals surface area contributed by atoms with Crippen LogP contribution in [0.1, 0.15) is 40.1 Å². The number of ether oxygens (including phenoxy) is 1. The van der Waals surface area contributed by atoms with Crippen LogP contribution in [0.2, 0.25) is 0 Å². The van der Waals surface area contributed by atoms with Crippen LogP contribution in [0.4, 0.5) is 0 Å². The van der Waals surface area contributed by atoms with E-state index in [4.69, 9.17) is 16.2 Å². The standard InChI is InChI=1S/C13H20BNO3/c1-12(2)13(3,4)18-14(17-12)11-8-10(9-16-5)6-7-15-11/h6-8H,9H2,1-5H3/i5D3,9D2. The Hall–Kier alpha value is -0.905. The number of methoxy groups -OCH3 is 1. The maximum Gasteiger partial charge on any atom is 0.514 e. The van der Waals surface area contributed by atoms with Crippen molar-refractivity contribution in [1.29, 1.82) is 0 Å². The summed E-state index contributed by atoms with van der Waals surface area (Å²) >= 11 is 0. The van der Waals surface area contributed by atoms with Crippen LogP contribution in [0.5, 0.6) is 0 Å². The molecule has 0 unspecified atom stereocenters. The highest BCUT2D eigenvalue weighted by atomic mass is 16.7. The van der Waals surface area contributed by atoms with E-state index in [9.17, 15) is 0 Å². The first kappa shape index (κ1) is 8.30. The molecule has 0 aromatic carbocycles. The minimum absolute atomic E-state index is 0.0355. The lowest BCUT2D eigenvalue weighted by Crippen LogP contribution is -2.41. The fourth-order valence-corrected chi connectivity index (χ4v) is 1.66. The summed E-state index contributed by atoms with van der Waals surface area (Å²) in [6.07, 6.45) is 1.37. The molecule has 1 saturated heterocycles. The second kappa shape index (κ2) is 4.65. The number of hydrogen-bond donors (Lipinski definition) is 0. The molecule has 0 amide bonds. The molecule has 1 aromatic heterocycles. The summed E-state index contributed by atoms with van der Waals surface area (Å²) in [6, 6.07) is 2.76. The fourth-order valence-electron chi connectivity index (χ4n) is 1.66. The van der Waals surface area contributed by atoms with Gasteiger partial charge in [0.2, 0.25) is 0 Å². The zero-order chi connectivity index (χ0) is 17.7. The highest BCUT2D eigenvalue weighted by Gasteiger charge is 2.52. The highest BCUT2D eigenvalue weighted by Crippen LogP contribution is 2.36. The molecule has 18 heavy (non-hydrogen) atoms. The van der Waals surface area contributed by atoms with E-state index in [1.54, 1.807) is 0 Å². The van der Waals surface area contributed by atoms with Crippen LogP contribution in [0.3, 0.4) is 0 Å². The number of hydrogen-bond acceptors (Lipinski definition) is 4. The molecular formula is C13H20BNO3. The molecule has 1 fully saturated rings. The molecule has 0 radical (unpaired) electrons. The van der Waals surface area contributed by atoms with Crippen molar-refractivity contribution in [3.8, 4) is 0 Å². The van der Waals surface area contributed by atoms with E-state index >= 15 is 0 Å². The van der Waals surface area contributed by atoms with Crippen LogP contribution in [-0.4, -0.2) is 30.3 Å². The molecule has 0 spiro atoms. The van der Waals surface area contributed by atoms with Gasteiger partial charge in [0.05, 0.1) is 30.2 Å². The van der Waals surface area contributed by atoms with Crippen molar-refractivity contribution in [1.82, 2.24) is 4.98 Å². The van der Waals surface area contributed by atoms with Crippen LogP contribution in [0, 0.1) is 0 Å². The topological polar surface area (TPSA) is 40.6 Å². The second-order valence-corrected chi connectivity index (χ2v) is 5.26. The molecule has 4 nitrogen and oxygen atoms in total. The molecule has 1 aromatic rings. The lowest BCUT2D eigenvalue weighted by Gasteiger charge is -2.32. The lowest BCUT2D eigenvalue weighted by molar-refractivity contribution is 0.00578. The Morgan fingerprint density at radius 2 is 2.06 bits per heavy atom. The van der Waals surface area contributed by atoms with Gasteiger partial charge in [0.1, 0.15) is 0 Å². The fraction of sp³-hybridized carbons (Fsp3) is 0.615.